The van der Waals surface area contributed by atoms with E-state index in [0.717, 1.165) is 12.1 Å². The Bertz CT molecular complexity index is 478. The van der Waals surface area contributed by atoms with Crippen molar-refractivity contribution >= 4 is 11.8 Å². The second-order valence-electron chi connectivity index (χ2n) is 4.04. The van der Waals surface area contributed by atoms with Crippen molar-refractivity contribution in [3.05, 3.63) is 35.4 Å². The monoisotopic (exact) mass is 270 g/mol. The predicted molar refractivity (Wildman–Crippen MR) is 66.6 cm³/mol. The van der Waals surface area contributed by atoms with E-state index >= 15 is 0 Å². The second-order valence-corrected chi connectivity index (χ2v) is 4.04. The molecule has 0 aliphatic heterocycles. The van der Waals surface area contributed by atoms with Crippen molar-refractivity contribution in [3.8, 4) is 0 Å². The third-order valence-corrected chi connectivity index (χ3v) is 2.70. The van der Waals surface area contributed by atoms with Gasteiger partial charge in [0.1, 0.15) is 11.6 Å². The molecule has 0 aromatic heterocycles. The lowest BCUT2D eigenvalue weighted by Gasteiger charge is -2.14. The van der Waals surface area contributed by atoms with Crippen LogP contribution in [0.1, 0.15) is 23.7 Å². The van der Waals surface area contributed by atoms with Crippen molar-refractivity contribution in [2.24, 2.45) is 0 Å². The Hall–Kier alpha value is -1.98. The quantitative estimate of drug-likeness (QED) is 0.882. The van der Waals surface area contributed by atoms with Gasteiger partial charge in [-0.25, -0.2) is 8.78 Å². The van der Waals surface area contributed by atoms with Crippen molar-refractivity contribution in [3.63, 3.8) is 0 Å². The fourth-order valence-electron chi connectivity index (χ4n) is 1.42. The minimum absolute atomic E-state index is 0.109. The van der Waals surface area contributed by atoms with Crippen LogP contribution in [0.25, 0.3) is 0 Å². The molecular formula is C13H16F2N2O2. The number of nitrogens with one attached hydrogen (secondary N) is 1. The van der Waals surface area contributed by atoms with Gasteiger partial charge in [-0.15, -0.1) is 0 Å². The normalized spacial score (nSPS) is 10.1. The highest BCUT2D eigenvalue weighted by molar-refractivity contribution is 5.94. The van der Waals surface area contributed by atoms with Crippen LogP contribution in [0.5, 0.6) is 0 Å². The summed E-state index contributed by atoms with van der Waals surface area (Å²) in [5.74, 6) is -2.44. The van der Waals surface area contributed by atoms with Gasteiger partial charge >= 0.3 is 0 Å². The molecule has 0 heterocycles. The van der Waals surface area contributed by atoms with Crippen molar-refractivity contribution in [2.75, 3.05) is 20.1 Å². The molecule has 104 valence electrons. The van der Waals surface area contributed by atoms with Crippen LogP contribution in [0.15, 0.2) is 18.2 Å². The molecule has 0 radical (unpaired) electrons. The summed E-state index contributed by atoms with van der Waals surface area (Å²) in [6.07, 6.45) is 0.138. The van der Waals surface area contributed by atoms with Gasteiger partial charge in [0.05, 0.1) is 5.56 Å². The van der Waals surface area contributed by atoms with Gasteiger partial charge in [0.15, 0.2) is 0 Å². The van der Waals surface area contributed by atoms with Gasteiger partial charge < -0.3 is 10.2 Å². The van der Waals surface area contributed by atoms with Crippen molar-refractivity contribution in [1.82, 2.24) is 10.2 Å². The van der Waals surface area contributed by atoms with Gasteiger partial charge in [-0.2, -0.15) is 0 Å². The number of nitrogens with zero attached hydrogens (tertiary/aromatic N) is 1. The fourth-order valence-corrected chi connectivity index (χ4v) is 1.42. The highest BCUT2D eigenvalue weighted by Gasteiger charge is 2.13. The molecule has 1 aromatic carbocycles. The Balaban J connectivity index is 2.50. The highest BCUT2D eigenvalue weighted by Crippen LogP contribution is 2.09. The van der Waals surface area contributed by atoms with E-state index in [1.807, 2.05) is 6.92 Å². The maximum atomic E-state index is 13.3. The number of carbonyl (C=O) groups excluding carboxylic acids is 2. The van der Waals surface area contributed by atoms with Crippen LogP contribution in [-0.2, 0) is 4.79 Å². The van der Waals surface area contributed by atoms with E-state index in [4.69, 9.17) is 0 Å². The number of hydrogen-bond donors (Lipinski definition) is 1. The third kappa shape index (κ3) is 4.31. The molecule has 19 heavy (non-hydrogen) atoms. The Labute approximate surface area is 110 Å². The zero-order valence-corrected chi connectivity index (χ0v) is 10.9. The van der Waals surface area contributed by atoms with Gasteiger partial charge in [0.2, 0.25) is 5.91 Å². The van der Waals surface area contributed by atoms with Gasteiger partial charge in [-0.3, -0.25) is 9.59 Å². The van der Waals surface area contributed by atoms with Gasteiger partial charge in [0, 0.05) is 32.6 Å². The van der Waals surface area contributed by atoms with Crippen LogP contribution in [0.3, 0.4) is 0 Å². The molecule has 2 amide bonds. The molecular weight excluding hydrogens is 254 g/mol. The van der Waals surface area contributed by atoms with E-state index in [1.165, 1.54) is 4.90 Å². The molecule has 0 aliphatic carbocycles. The molecule has 0 saturated carbocycles. The SMILES string of the molecule is CCN(C)C(=O)CCNC(=O)c1ccc(F)cc1F. The number of rotatable bonds is 5. The standard InChI is InChI=1S/C13H16F2N2O2/c1-3-17(2)12(18)6-7-16-13(19)10-5-4-9(14)8-11(10)15/h4-5,8H,3,6-7H2,1-2H3,(H,16,19). The lowest BCUT2D eigenvalue weighted by molar-refractivity contribution is -0.129. The van der Waals surface area contributed by atoms with Crippen LogP contribution in [0, 0.1) is 11.6 Å². The van der Waals surface area contributed by atoms with E-state index < -0.39 is 17.5 Å². The molecule has 0 spiro atoms. The van der Waals surface area contributed by atoms with E-state index in [-0.39, 0.29) is 24.4 Å². The molecule has 1 N–H and O–H groups in total. The molecule has 4 nitrogen and oxygen atoms in total. The lowest BCUT2D eigenvalue weighted by atomic mass is 10.2. The van der Waals surface area contributed by atoms with Crippen molar-refractivity contribution in [1.29, 1.82) is 0 Å². The van der Waals surface area contributed by atoms with Crippen LogP contribution >= 0.6 is 0 Å². The van der Waals surface area contributed by atoms with Crippen molar-refractivity contribution < 1.29 is 18.4 Å². The zero-order valence-electron chi connectivity index (χ0n) is 10.9. The van der Waals surface area contributed by atoms with Crippen LogP contribution < -0.4 is 5.32 Å². The second kappa shape index (κ2) is 6.82. The molecule has 0 aliphatic rings. The summed E-state index contributed by atoms with van der Waals surface area (Å²) >= 11 is 0. The van der Waals surface area contributed by atoms with Gasteiger partial charge in [0.25, 0.3) is 5.91 Å². The predicted octanol–water partition coefficient (Wildman–Crippen LogP) is 1.56. The molecule has 1 aromatic rings. The Morgan fingerprint density at radius 2 is 2.00 bits per heavy atom. The summed E-state index contributed by atoms with van der Waals surface area (Å²) < 4.78 is 26.0. The minimum Gasteiger partial charge on any atom is -0.351 e. The summed E-state index contributed by atoms with van der Waals surface area (Å²) in [6, 6.07) is 2.72. The summed E-state index contributed by atoms with van der Waals surface area (Å²) in [5.41, 5.74) is -0.238. The average molecular weight is 270 g/mol. The van der Waals surface area contributed by atoms with E-state index in [2.05, 4.69) is 5.32 Å². The van der Waals surface area contributed by atoms with Crippen LogP contribution in [0.2, 0.25) is 0 Å². The maximum Gasteiger partial charge on any atom is 0.254 e. The van der Waals surface area contributed by atoms with E-state index in [1.54, 1.807) is 7.05 Å². The summed E-state index contributed by atoms with van der Waals surface area (Å²) in [7, 11) is 1.66. The van der Waals surface area contributed by atoms with Gasteiger partial charge in [-0.1, -0.05) is 0 Å². The van der Waals surface area contributed by atoms with Crippen molar-refractivity contribution in [2.45, 2.75) is 13.3 Å². The Morgan fingerprint density at radius 1 is 1.32 bits per heavy atom. The van der Waals surface area contributed by atoms with E-state index in [9.17, 15) is 18.4 Å². The molecule has 0 atom stereocenters. The number of halogens is 2. The first-order chi connectivity index (χ1) is 8.95. The highest BCUT2D eigenvalue weighted by atomic mass is 19.1. The fraction of sp³-hybridized carbons (Fsp3) is 0.385. The Morgan fingerprint density at radius 3 is 2.58 bits per heavy atom. The molecule has 6 heteroatoms. The van der Waals surface area contributed by atoms with E-state index in [0.29, 0.717) is 12.6 Å². The topological polar surface area (TPSA) is 49.4 Å². The average Bonchev–Trinajstić information content (AvgIpc) is 2.37. The zero-order chi connectivity index (χ0) is 14.4. The molecule has 0 fully saturated rings. The Kier molecular flexibility index (Phi) is 5.41. The number of amides is 2. The smallest absolute Gasteiger partial charge is 0.254 e. The summed E-state index contributed by atoms with van der Waals surface area (Å²) in [5, 5.41) is 2.42. The van der Waals surface area contributed by atoms with Crippen LogP contribution in [-0.4, -0.2) is 36.9 Å². The molecule has 0 saturated heterocycles. The van der Waals surface area contributed by atoms with Crippen LogP contribution in [0.4, 0.5) is 8.78 Å². The largest absolute Gasteiger partial charge is 0.351 e. The first-order valence-corrected chi connectivity index (χ1v) is 5.93. The number of benzene rings is 1. The molecule has 0 unspecified atom stereocenters. The summed E-state index contributed by atoms with van der Waals surface area (Å²) in [6.45, 7) is 2.53. The first-order valence-electron chi connectivity index (χ1n) is 5.93. The number of hydrogen-bond acceptors (Lipinski definition) is 2. The number of carbonyl (C=O) groups is 2. The lowest BCUT2D eigenvalue weighted by Crippen LogP contribution is -2.32. The summed E-state index contributed by atoms with van der Waals surface area (Å²) in [4.78, 5) is 24.6. The maximum absolute atomic E-state index is 13.3. The third-order valence-electron chi connectivity index (χ3n) is 2.70. The molecule has 0 bridgehead atoms. The molecule has 1 rings (SSSR count). The minimum atomic E-state index is -0.922. The first kappa shape index (κ1) is 15.1. The van der Waals surface area contributed by atoms with Gasteiger partial charge in [-0.05, 0) is 19.1 Å².